The Balaban J connectivity index is 1.37. The van der Waals surface area contributed by atoms with E-state index in [9.17, 15) is 18.0 Å². The van der Waals surface area contributed by atoms with Gasteiger partial charge in [-0.1, -0.05) is 84.9 Å². The van der Waals surface area contributed by atoms with Crippen molar-refractivity contribution in [2.45, 2.75) is 63.7 Å². The summed E-state index contributed by atoms with van der Waals surface area (Å²) in [5, 5.41) is 4.25. The molecule has 0 aromatic heterocycles. The van der Waals surface area contributed by atoms with Gasteiger partial charge in [0, 0.05) is 31.7 Å². The zero-order valence-electron chi connectivity index (χ0n) is 28.2. The molecule has 2 amide bonds. The summed E-state index contributed by atoms with van der Waals surface area (Å²) in [6, 6.07) is 25.3. The molecular formula is C37H47N7O4S. The van der Waals surface area contributed by atoms with Crippen LogP contribution in [0.25, 0.3) is 21.5 Å². The number of guanidine groups is 1. The molecular weight excluding hydrogens is 639 g/mol. The van der Waals surface area contributed by atoms with E-state index in [4.69, 9.17) is 17.2 Å². The summed E-state index contributed by atoms with van der Waals surface area (Å²) in [5.74, 6) is -0.702. The van der Waals surface area contributed by atoms with Gasteiger partial charge in [-0.3, -0.25) is 14.6 Å². The van der Waals surface area contributed by atoms with Gasteiger partial charge < -0.3 is 27.0 Å². The van der Waals surface area contributed by atoms with Gasteiger partial charge in [-0.15, -0.1) is 0 Å². The monoisotopic (exact) mass is 685 g/mol. The number of hydrogen-bond donors (Lipinski definition) is 4. The third kappa shape index (κ3) is 9.14. The normalized spacial score (nSPS) is 17.9. The highest BCUT2D eigenvalue weighted by molar-refractivity contribution is 7.89. The molecule has 12 heteroatoms. The first kappa shape index (κ1) is 35.8. The highest BCUT2D eigenvalue weighted by Gasteiger charge is 2.40. The molecule has 4 atom stereocenters. The number of rotatable bonds is 13. The number of nitrogens with one attached hydrogen (secondary N) is 1. The molecule has 0 bridgehead atoms. The highest BCUT2D eigenvalue weighted by Crippen LogP contribution is 2.24. The number of carbonyl (C=O) groups is 2. The van der Waals surface area contributed by atoms with E-state index in [2.05, 4.69) is 15.8 Å². The van der Waals surface area contributed by atoms with Crippen LogP contribution in [0.1, 0.15) is 37.8 Å². The molecule has 0 radical (unpaired) electrons. The maximum absolute atomic E-state index is 14.3. The number of aliphatic imine (C=N–C) groups is 1. The minimum Gasteiger partial charge on any atom is -0.370 e. The summed E-state index contributed by atoms with van der Waals surface area (Å²) in [5.41, 5.74) is 19.5. The predicted octanol–water partition coefficient (Wildman–Crippen LogP) is 2.89. The van der Waals surface area contributed by atoms with Gasteiger partial charge in [-0.05, 0) is 72.2 Å². The van der Waals surface area contributed by atoms with Gasteiger partial charge in [-0.2, -0.15) is 0 Å². The first-order chi connectivity index (χ1) is 23.4. The second-order valence-electron chi connectivity index (χ2n) is 12.9. The summed E-state index contributed by atoms with van der Waals surface area (Å²) in [6.45, 7) is 4.27. The number of piperazine rings is 1. The van der Waals surface area contributed by atoms with Crippen molar-refractivity contribution in [1.29, 1.82) is 0 Å². The van der Waals surface area contributed by atoms with Crippen LogP contribution in [0.3, 0.4) is 0 Å². The van der Waals surface area contributed by atoms with E-state index in [1.807, 2.05) is 85.8 Å². The molecule has 1 fully saturated rings. The lowest BCUT2D eigenvalue weighted by Gasteiger charge is -2.47. The molecule has 1 aliphatic rings. The molecule has 1 aliphatic heterocycles. The fourth-order valence-electron chi connectivity index (χ4n) is 6.60. The van der Waals surface area contributed by atoms with Crippen LogP contribution in [0.2, 0.25) is 0 Å². The average Bonchev–Trinajstić information content (AvgIpc) is 3.09. The molecule has 49 heavy (non-hydrogen) atoms. The van der Waals surface area contributed by atoms with Crippen molar-refractivity contribution < 1.29 is 18.0 Å². The van der Waals surface area contributed by atoms with Crippen LogP contribution in [-0.2, 0) is 32.5 Å². The fraction of sp³-hybridized carbons (Fsp3) is 0.378. The van der Waals surface area contributed by atoms with Gasteiger partial charge in [0.25, 0.3) is 0 Å². The van der Waals surface area contributed by atoms with Gasteiger partial charge in [0.15, 0.2) is 5.96 Å². The Labute approximate surface area is 288 Å². The van der Waals surface area contributed by atoms with E-state index in [0.717, 1.165) is 32.7 Å². The fourth-order valence-corrected chi connectivity index (χ4v) is 7.38. The number of benzene rings is 4. The molecule has 1 saturated heterocycles. The molecule has 0 aliphatic carbocycles. The number of nitrogens with zero attached hydrogens (tertiary/aromatic N) is 3. The summed E-state index contributed by atoms with van der Waals surface area (Å²) in [7, 11) is -3.72. The second kappa shape index (κ2) is 15.8. The van der Waals surface area contributed by atoms with Crippen LogP contribution >= 0.6 is 0 Å². The summed E-state index contributed by atoms with van der Waals surface area (Å²) >= 11 is 0. The molecule has 260 valence electrons. The Morgan fingerprint density at radius 1 is 0.837 bits per heavy atom. The molecule has 0 unspecified atom stereocenters. The van der Waals surface area contributed by atoms with E-state index in [-0.39, 0.29) is 55.1 Å². The number of fused-ring (bicyclic) bond motifs is 2. The highest BCUT2D eigenvalue weighted by atomic mass is 32.2. The van der Waals surface area contributed by atoms with Crippen LogP contribution < -0.4 is 21.9 Å². The van der Waals surface area contributed by atoms with Crippen molar-refractivity contribution >= 4 is 49.3 Å². The van der Waals surface area contributed by atoms with Crippen molar-refractivity contribution in [1.82, 2.24) is 14.5 Å². The SMILES string of the molecule is CCS(=O)(=O)N[C@H](Cc1ccc2ccccc2c1)C(=O)N1C[C@H](CCCN=C(N)N)N(C(=O)[C@H](N)Cc2ccc3ccccc3c2)C[C@H]1C. The van der Waals surface area contributed by atoms with E-state index >= 15 is 0 Å². The van der Waals surface area contributed by atoms with Crippen LogP contribution in [0.15, 0.2) is 89.9 Å². The van der Waals surface area contributed by atoms with Crippen molar-refractivity contribution in [2.75, 3.05) is 25.4 Å². The third-order valence-electron chi connectivity index (χ3n) is 9.24. The number of amides is 2. The summed E-state index contributed by atoms with van der Waals surface area (Å²) in [4.78, 5) is 35.9. The molecule has 4 aromatic rings. The predicted molar refractivity (Wildman–Crippen MR) is 196 cm³/mol. The molecule has 0 saturated carbocycles. The van der Waals surface area contributed by atoms with E-state index in [1.165, 1.54) is 0 Å². The first-order valence-electron chi connectivity index (χ1n) is 16.8. The average molecular weight is 686 g/mol. The Morgan fingerprint density at radius 3 is 1.98 bits per heavy atom. The van der Waals surface area contributed by atoms with Gasteiger partial charge in [-0.25, -0.2) is 13.1 Å². The first-order valence-corrected chi connectivity index (χ1v) is 18.5. The van der Waals surface area contributed by atoms with Gasteiger partial charge >= 0.3 is 0 Å². The summed E-state index contributed by atoms with van der Waals surface area (Å²) in [6.07, 6.45) is 1.65. The lowest BCUT2D eigenvalue weighted by atomic mass is 9.97. The molecule has 4 aromatic carbocycles. The van der Waals surface area contributed by atoms with Crippen molar-refractivity contribution in [2.24, 2.45) is 22.2 Å². The zero-order chi connectivity index (χ0) is 35.1. The largest absolute Gasteiger partial charge is 0.370 e. The van der Waals surface area contributed by atoms with Gasteiger partial charge in [0.05, 0.1) is 11.8 Å². The smallest absolute Gasteiger partial charge is 0.241 e. The van der Waals surface area contributed by atoms with Crippen molar-refractivity contribution in [3.63, 3.8) is 0 Å². The number of nitrogens with two attached hydrogens (primary N) is 3. The van der Waals surface area contributed by atoms with E-state index < -0.39 is 22.1 Å². The Kier molecular flexibility index (Phi) is 11.5. The standard InChI is InChI=1S/C37H47N7O4S/c1-3-49(47,48)42-34(22-27-15-17-29-10-5-7-12-31(29)20-27)36(46)43-24-32(13-8-18-41-37(39)40)44(23-25(43)2)35(45)33(38)21-26-14-16-28-9-4-6-11-30(28)19-26/h4-7,9-12,14-17,19-20,25,32-34,42H,3,8,13,18,21-24,38H2,1-2H3,(H4,39,40,41)/t25-,32+,33-,34-/m1/s1. The molecule has 7 N–H and O–H groups in total. The number of sulfonamides is 1. The van der Waals surface area contributed by atoms with E-state index in [0.29, 0.717) is 25.8 Å². The lowest BCUT2D eigenvalue weighted by molar-refractivity contribution is -0.148. The summed E-state index contributed by atoms with van der Waals surface area (Å²) < 4.78 is 28.3. The van der Waals surface area contributed by atoms with Crippen LogP contribution in [0.4, 0.5) is 0 Å². The topological polar surface area (TPSA) is 177 Å². The maximum atomic E-state index is 14.3. The minimum atomic E-state index is -3.72. The quantitative estimate of drug-likeness (QED) is 0.0950. The van der Waals surface area contributed by atoms with Gasteiger partial charge in [0.1, 0.15) is 6.04 Å². The van der Waals surface area contributed by atoms with Crippen LogP contribution in [0, 0.1) is 0 Å². The molecule has 5 rings (SSSR count). The maximum Gasteiger partial charge on any atom is 0.241 e. The number of hydrogen-bond acceptors (Lipinski definition) is 6. The Hall–Kier alpha value is -4.52. The van der Waals surface area contributed by atoms with Crippen molar-refractivity contribution in [3.05, 3.63) is 96.1 Å². The second-order valence-corrected chi connectivity index (χ2v) is 14.9. The van der Waals surface area contributed by atoms with Crippen LogP contribution in [-0.4, -0.2) is 85.5 Å². The van der Waals surface area contributed by atoms with Crippen LogP contribution in [0.5, 0.6) is 0 Å². The zero-order valence-corrected chi connectivity index (χ0v) is 29.0. The lowest BCUT2D eigenvalue weighted by Crippen LogP contribution is -2.65. The third-order valence-corrected chi connectivity index (χ3v) is 10.6. The van der Waals surface area contributed by atoms with Gasteiger partial charge in [0.2, 0.25) is 21.8 Å². The Morgan fingerprint density at radius 2 is 1.41 bits per heavy atom. The molecule has 0 spiro atoms. The molecule has 1 heterocycles. The van der Waals surface area contributed by atoms with E-state index in [1.54, 1.807) is 16.7 Å². The minimum absolute atomic E-state index is 0.0147. The number of carbonyl (C=O) groups excluding carboxylic acids is 2. The Bertz CT molecular complexity index is 1930. The van der Waals surface area contributed by atoms with Crippen molar-refractivity contribution in [3.8, 4) is 0 Å². The molecule has 11 nitrogen and oxygen atoms in total.